The van der Waals surface area contributed by atoms with Gasteiger partial charge in [0.05, 0.1) is 12.1 Å². The first-order valence-electron chi connectivity index (χ1n) is 10.5. The van der Waals surface area contributed by atoms with Crippen molar-refractivity contribution in [3.63, 3.8) is 0 Å². The molecule has 0 unspecified atom stereocenters. The number of carbonyl (C=O) groups excluding carboxylic acids is 4. The molecule has 0 aliphatic carbocycles. The first-order chi connectivity index (χ1) is 17.0. The molecule has 198 valence electrons. The molecule has 1 saturated heterocycles. The normalized spacial score (nSPS) is 23.8. The number of hydrogen-bond acceptors (Lipinski definition) is 13. The number of esters is 4. The lowest BCUT2D eigenvalue weighted by atomic mass is 9.99. The van der Waals surface area contributed by atoms with Gasteiger partial charge in [0.1, 0.15) is 23.5 Å². The predicted octanol–water partition coefficient (Wildman–Crippen LogP) is 2.30. The highest BCUT2D eigenvalue weighted by atomic mass is 35.5. The van der Waals surface area contributed by atoms with E-state index in [1.54, 1.807) is 6.07 Å². The monoisotopic (exact) mass is 547 g/mol. The molecule has 1 aromatic carbocycles. The van der Waals surface area contributed by atoms with Crippen molar-refractivity contribution in [2.24, 2.45) is 5.16 Å². The zero-order valence-electron chi connectivity index (χ0n) is 20.1. The zero-order chi connectivity index (χ0) is 27.0. The number of benzene rings is 1. The summed E-state index contributed by atoms with van der Waals surface area (Å²) >= 11 is 7.07. The number of thioether (sulfide) groups is 1. The second kappa shape index (κ2) is 13.3. The lowest BCUT2D eigenvalue weighted by Crippen LogP contribution is -2.61. The van der Waals surface area contributed by atoms with Crippen molar-refractivity contribution in [1.82, 2.24) is 0 Å². The van der Waals surface area contributed by atoms with Crippen molar-refractivity contribution in [2.75, 3.05) is 13.7 Å². The quantitative estimate of drug-likeness (QED) is 0.127. The van der Waals surface area contributed by atoms with Gasteiger partial charge in [0.25, 0.3) is 0 Å². The third-order valence-electron chi connectivity index (χ3n) is 4.67. The van der Waals surface area contributed by atoms with E-state index in [9.17, 15) is 24.4 Å². The van der Waals surface area contributed by atoms with Gasteiger partial charge in [-0.15, -0.1) is 0 Å². The second-order valence-corrected chi connectivity index (χ2v) is 8.93. The summed E-state index contributed by atoms with van der Waals surface area (Å²) in [6, 6.07) is 4.63. The molecule has 12 nitrogen and oxygen atoms in total. The molecule has 0 bridgehead atoms. The van der Waals surface area contributed by atoms with Crippen molar-refractivity contribution in [3.8, 4) is 5.75 Å². The Labute approximate surface area is 216 Å². The summed E-state index contributed by atoms with van der Waals surface area (Å²) in [5.41, 5.74) is -0.935. The Balaban J connectivity index is 2.54. The van der Waals surface area contributed by atoms with Crippen LogP contribution < -0.4 is 4.74 Å². The number of ether oxygens (including phenoxy) is 6. The lowest BCUT2D eigenvalue weighted by molar-refractivity contribution is -0.237. The number of carbonyl (C=O) groups is 4. The van der Waals surface area contributed by atoms with E-state index in [0.717, 1.165) is 32.5 Å². The maximum atomic E-state index is 12.0. The van der Waals surface area contributed by atoms with Gasteiger partial charge in [0, 0.05) is 33.3 Å². The van der Waals surface area contributed by atoms with Crippen LogP contribution >= 0.6 is 23.4 Å². The summed E-state index contributed by atoms with van der Waals surface area (Å²) in [7, 11) is 1.44. The highest BCUT2D eigenvalue weighted by Crippen LogP contribution is 2.37. The lowest BCUT2D eigenvalue weighted by Gasteiger charge is -2.44. The largest absolute Gasteiger partial charge is 0.497 e. The van der Waals surface area contributed by atoms with E-state index in [0.29, 0.717) is 5.75 Å². The first-order valence-corrected chi connectivity index (χ1v) is 11.8. The number of halogens is 1. The number of oxime groups is 1. The van der Waals surface area contributed by atoms with Crippen LogP contribution in [0.25, 0.3) is 0 Å². The Bertz CT molecular complexity index is 1020. The number of rotatable bonds is 8. The molecule has 0 spiro atoms. The van der Waals surface area contributed by atoms with Gasteiger partial charge >= 0.3 is 23.9 Å². The average molecular weight is 548 g/mol. The molecule has 36 heavy (non-hydrogen) atoms. The van der Waals surface area contributed by atoms with Crippen LogP contribution in [0.4, 0.5) is 0 Å². The van der Waals surface area contributed by atoms with Crippen LogP contribution in [0.15, 0.2) is 23.4 Å². The standard InChI is InChI=1S/C22H26ClNO11S/c1-10(25)31-9-17-18(32-11(2)26)19(33-12(3)27)20(34-13(4)28)22(35-17)36-21(24-29)15-8-14(30-5)6-7-16(15)23/h6-8,17-20,22,29H,9H2,1-5H3/t17-,18-,19+,20-,22+/m1/s1. The van der Waals surface area contributed by atoms with Gasteiger partial charge in [0.2, 0.25) is 0 Å². The summed E-state index contributed by atoms with van der Waals surface area (Å²) in [5, 5.41) is 13.2. The third kappa shape index (κ3) is 8.00. The van der Waals surface area contributed by atoms with Crippen LogP contribution in [0.1, 0.15) is 33.3 Å². The van der Waals surface area contributed by atoms with E-state index in [2.05, 4.69) is 5.16 Å². The molecule has 5 atom stereocenters. The van der Waals surface area contributed by atoms with Gasteiger partial charge in [-0.3, -0.25) is 19.2 Å². The molecule has 1 aliphatic rings. The SMILES string of the molecule is COc1ccc(Cl)c(C(=NO)S[C@@H]2O[C@H](COC(C)=O)[C@@H](OC(C)=O)[C@H](OC(C)=O)[C@H]2OC(C)=O)c1. The fourth-order valence-electron chi connectivity index (χ4n) is 3.33. The maximum absolute atomic E-state index is 12.0. The highest BCUT2D eigenvalue weighted by molar-refractivity contribution is 8.14. The average Bonchev–Trinajstić information content (AvgIpc) is 2.79. The van der Waals surface area contributed by atoms with Gasteiger partial charge < -0.3 is 33.6 Å². The summed E-state index contributed by atoms with van der Waals surface area (Å²) in [6.07, 6.45) is -5.15. The van der Waals surface area contributed by atoms with Crippen molar-refractivity contribution < 1.29 is 52.8 Å². The van der Waals surface area contributed by atoms with Crippen LogP contribution in [-0.4, -0.2) is 77.7 Å². The Kier molecular flexibility index (Phi) is 10.8. The van der Waals surface area contributed by atoms with E-state index in [-0.39, 0.29) is 22.2 Å². The van der Waals surface area contributed by atoms with E-state index >= 15 is 0 Å². The Hall–Kier alpha value is -3.03. The van der Waals surface area contributed by atoms with Crippen LogP contribution in [0.2, 0.25) is 5.02 Å². The maximum Gasteiger partial charge on any atom is 0.303 e. The fourth-order valence-corrected chi connectivity index (χ4v) is 4.70. The molecule has 1 fully saturated rings. The summed E-state index contributed by atoms with van der Waals surface area (Å²) in [5.74, 6) is -2.50. The Morgan fingerprint density at radius 3 is 2.08 bits per heavy atom. The topological polar surface area (TPSA) is 156 Å². The predicted molar refractivity (Wildman–Crippen MR) is 126 cm³/mol. The Morgan fingerprint density at radius 2 is 1.56 bits per heavy atom. The Morgan fingerprint density at radius 1 is 0.972 bits per heavy atom. The molecule has 1 aliphatic heterocycles. The van der Waals surface area contributed by atoms with Gasteiger partial charge in [-0.2, -0.15) is 0 Å². The first kappa shape index (κ1) is 29.2. The minimum absolute atomic E-state index is 0.0557. The number of methoxy groups -OCH3 is 1. The van der Waals surface area contributed by atoms with Crippen molar-refractivity contribution in [3.05, 3.63) is 28.8 Å². The molecule has 0 saturated carbocycles. The molecule has 2 rings (SSSR count). The number of nitrogens with zero attached hydrogens (tertiary/aromatic N) is 1. The van der Waals surface area contributed by atoms with Crippen LogP contribution in [0.5, 0.6) is 5.75 Å². The minimum atomic E-state index is -1.36. The molecule has 1 N–H and O–H groups in total. The highest BCUT2D eigenvalue weighted by Gasteiger charge is 2.52. The molecule has 1 aromatic rings. The van der Waals surface area contributed by atoms with Crippen LogP contribution in [0, 0.1) is 0 Å². The van der Waals surface area contributed by atoms with E-state index < -0.39 is 53.7 Å². The van der Waals surface area contributed by atoms with Gasteiger partial charge in [-0.1, -0.05) is 28.5 Å². The molecule has 0 aromatic heterocycles. The molecule has 14 heteroatoms. The molecule has 1 heterocycles. The smallest absolute Gasteiger partial charge is 0.303 e. The van der Waals surface area contributed by atoms with Gasteiger partial charge in [-0.05, 0) is 18.2 Å². The van der Waals surface area contributed by atoms with E-state index in [1.807, 2.05) is 0 Å². The van der Waals surface area contributed by atoms with Crippen LogP contribution in [0.3, 0.4) is 0 Å². The van der Waals surface area contributed by atoms with Crippen molar-refractivity contribution in [2.45, 2.75) is 57.5 Å². The van der Waals surface area contributed by atoms with Crippen LogP contribution in [-0.2, 0) is 42.9 Å². The van der Waals surface area contributed by atoms with E-state index in [1.165, 1.54) is 26.2 Å². The fraction of sp³-hybridized carbons (Fsp3) is 0.500. The molecule has 0 radical (unpaired) electrons. The second-order valence-electron chi connectivity index (χ2n) is 7.44. The minimum Gasteiger partial charge on any atom is -0.497 e. The number of hydrogen-bond donors (Lipinski definition) is 1. The van der Waals surface area contributed by atoms with Crippen molar-refractivity contribution >= 4 is 52.3 Å². The third-order valence-corrected chi connectivity index (χ3v) is 6.14. The molecular formula is C22H26ClNO11S. The summed E-state index contributed by atoms with van der Waals surface area (Å²) in [4.78, 5) is 47.2. The summed E-state index contributed by atoms with van der Waals surface area (Å²) < 4.78 is 32.4. The molecular weight excluding hydrogens is 522 g/mol. The van der Waals surface area contributed by atoms with Gasteiger partial charge in [-0.25, -0.2) is 0 Å². The van der Waals surface area contributed by atoms with Gasteiger partial charge in [0.15, 0.2) is 23.7 Å². The zero-order valence-corrected chi connectivity index (χ0v) is 21.7. The molecule has 0 amide bonds. The van der Waals surface area contributed by atoms with E-state index in [4.69, 9.17) is 40.0 Å². The summed E-state index contributed by atoms with van der Waals surface area (Å²) in [6.45, 7) is 4.14. The van der Waals surface area contributed by atoms with Crippen molar-refractivity contribution in [1.29, 1.82) is 0 Å².